The van der Waals surface area contributed by atoms with Crippen molar-refractivity contribution in [1.29, 1.82) is 0 Å². The van der Waals surface area contributed by atoms with Gasteiger partial charge >= 0.3 is 5.97 Å². The molecule has 1 N–H and O–H groups in total. The molecule has 0 radical (unpaired) electrons. The zero-order valence-corrected chi connectivity index (χ0v) is 12.1. The molecular weight excluding hydrogens is 272 g/mol. The van der Waals surface area contributed by atoms with Gasteiger partial charge in [0, 0.05) is 19.2 Å². The van der Waals surface area contributed by atoms with Crippen LogP contribution in [0.25, 0.3) is 0 Å². The number of para-hydroxylation sites is 2. The Morgan fingerprint density at radius 1 is 1.38 bits per heavy atom. The van der Waals surface area contributed by atoms with Crippen LogP contribution in [0.3, 0.4) is 0 Å². The molecule has 0 saturated carbocycles. The van der Waals surface area contributed by atoms with Crippen LogP contribution >= 0.6 is 0 Å². The number of rotatable bonds is 5. The molecule has 1 saturated heterocycles. The van der Waals surface area contributed by atoms with Crippen LogP contribution in [-0.4, -0.2) is 29.1 Å². The second-order valence-electron chi connectivity index (χ2n) is 5.57. The van der Waals surface area contributed by atoms with Crippen molar-refractivity contribution < 1.29 is 14.8 Å². The predicted octanol–water partition coefficient (Wildman–Crippen LogP) is 3.07. The van der Waals surface area contributed by atoms with Gasteiger partial charge in [-0.1, -0.05) is 25.5 Å². The standard InChI is InChI=1S/C15H20N2O4/c1-2-7-15(14(18)19)8-10-16(11-9-15)12-5-3-4-6-13(12)17(20)21/h3-6H,2,7-11H2,1H3,(H,18,19). The van der Waals surface area contributed by atoms with Crippen molar-refractivity contribution in [1.82, 2.24) is 0 Å². The summed E-state index contributed by atoms with van der Waals surface area (Å²) < 4.78 is 0. The number of hydrogen-bond donors (Lipinski definition) is 1. The summed E-state index contributed by atoms with van der Waals surface area (Å²) in [4.78, 5) is 24.2. The van der Waals surface area contributed by atoms with Gasteiger partial charge < -0.3 is 10.0 Å². The SMILES string of the molecule is CCCC1(C(=O)O)CCN(c2ccccc2[N+](=O)[O-])CC1. The van der Waals surface area contributed by atoms with E-state index < -0.39 is 11.4 Å². The minimum atomic E-state index is -0.744. The number of piperidine rings is 1. The summed E-state index contributed by atoms with van der Waals surface area (Å²) in [5, 5.41) is 20.6. The molecule has 1 aliphatic rings. The van der Waals surface area contributed by atoms with E-state index in [2.05, 4.69) is 0 Å². The number of nitro groups is 1. The molecule has 0 spiro atoms. The Hall–Kier alpha value is -2.11. The Balaban J connectivity index is 2.18. The lowest BCUT2D eigenvalue weighted by Crippen LogP contribution is -2.44. The molecule has 0 bridgehead atoms. The van der Waals surface area contributed by atoms with Gasteiger partial charge in [0.05, 0.1) is 10.3 Å². The lowest BCUT2D eigenvalue weighted by molar-refractivity contribution is -0.384. The molecule has 114 valence electrons. The third kappa shape index (κ3) is 2.99. The fourth-order valence-electron chi connectivity index (χ4n) is 3.11. The molecule has 1 fully saturated rings. The molecule has 2 rings (SSSR count). The number of carboxylic acid groups (broad SMARTS) is 1. The fraction of sp³-hybridized carbons (Fsp3) is 0.533. The quantitative estimate of drug-likeness (QED) is 0.666. The molecule has 0 amide bonds. The molecule has 0 atom stereocenters. The number of carboxylic acids is 1. The van der Waals surface area contributed by atoms with Gasteiger partial charge in [0.15, 0.2) is 0 Å². The van der Waals surface area contributed by atoms with E-state index in [-0.39, 0.29) is 10.6 Å². The zero-order chi connectivity index (χ0) is 15.5. The van der Waals surface area contributed by atoms with Gasteiger partial charge in [-0.15, -0.1) is 0 Å². The first-order valence-corrected chi connectivity index (χ1v) is 7.22. The van der Waals surface area contributed by atoms with E-state index in [1.54, 1.807) is 18.2 Å². The van der Waals surface area contributed by atoms with Crippen molar-refractivity contribution in [3.63, 3.8) is 0 Å². The van der Waals surface area contributed by atoms with Crippen LogP contribution < -0.4 is 4.90 Å². The lowest BCUT2D eigenvalue weighted by Gasteiger charge is -2.39. The summed E-state index contributed by atoms with van der Waals surface area (Å²) in [7, 11) is 0. The van der Waals surface area contributed by atoms with Crippen LogP contribution in [0.4, 0.5) is 11.4 Å². The topological polar surface area (TPSA) is 83.7 Å². The molecule has 0 aromatic heterocycles. The monoisotopic (exact) mass is 292 g/mol. The maximum Gasteiger partial charge on any atom is 0.309 e. The number of carbonyl (C=O) groups is 1. The molecule has 0 unspecified atom stereocenters. The van der Waals surface area contributed by atoms with Gasteiger partial charge in [0.25, 0.3) is 5.69 Å². The van der Waals surface area contributed by atoms with Crippen molar-refractivity contribution >= 4 is 17.3 Å². The maximum absolute atomic E-state index is 11.6. The molecular formula is C15H20N2O4. The molecule has 6 heteroatoms. The number of anilines is 1. The highest BCUT2D eigenvalue weighted by Crippen LogP contribution is 2.39. The molecule has 1 aromatic carbocycles. The predicted molar refractivity (Wildman–Crippen MR) is 79.5 cm³/mol. The van der Waals surface area contributed by atoms with Crippen molar-refractivity contribution in [3.8, 4) is 0 Å². The van der Waals surface area contributed by atoms with E-state index in [1.165, 1.54) is 6.07 Å². The third-order valence-corrected chi connectivity index (χ3v) is 4.32. The van der Waals surface area contributed by atoms with Gasteiger partial charge in [-0.2, -0.15) is 0 Å². The first-order valence-electron chi connectivity index (χ1n) is 7.22. The van der Waals surface area contributed by atoms with Crippen LogP contribution in [0.5, 0.6) is 0 Å². The second-order valence-corrected chi connectivity index (χ2v) is 5.57. The Morgan fingerprint density at radius 3 is 2.52 bits per heavy atom. The Bertz CT molecular complexity index is 536. The van der Waals surface area contributed by atoms with E-state index in [0.29, 0.717) is 38.0 Å². The van der Waals surface area contributed by atoms with E-state index >= 15 is 0 Å². The molecule has 21 heavy (non-hydrogen) atoms. The minimum Gasteiger partial charge on any atom is -0.481 e. The van der Waals surface area contributed by atoms with E-state index in [9.17, 15) is 20.0 Å². The summed E-state index contributed by atoms with van der Waals surface area (Å²) in [6, 6.07) is 6.63. The normalized spacial score (nSPS) is 17.5. The zero-order valence-electron chi connectivity index (χ0n) is 12.1. The first kappa shape index (κ1) is 15.3. The molecule has 1 aliphatic heterocycles. The van der Waals surface area contributed by atoms with Crippen molar-refractivity contribution in [3.05, 3.63) is 34.4 Å². The third-order valence-electron chi connectivity index (χ3n) is 4.32. The average molecular weight is 292 g/mol. The fourth-order valence-corrected chi connectivity index (χ4v) is 3.11. The lowest BCUT2D eigenvalue weighted by atomic mass is 9.75. The van der Waals surface area contributed by atoms with Gasteiger partial charge in [-0.25, -0.2) is 0 Å². The second kappa shape index (κ2) is 6.11. The highest BCUT2D eigenvalue weighted by Gasteiger charge is 2.41. The largest absolute Gasteiger partial charge is 0.481 e. The summed E-state index contributed by atoms with van der Waals surface area (Å²) >= 11 is 0. The van der Waals surface area contributed by atoms with Crippen LogP contribution in [0.15, 0.2) is 24.3 Å². The summed E-state index contributed by atoms with van der Waals surface area (Å²) in [5.41, 5.74) is -0.0109. The Morgan fingerprint density at radius 2 is 2.00 bits per heavy atom. The minimum absolute atomic E-state index is 0.0795. The van der Waals surface area contributed by atoms with Crippen LogP contribution in [0.2, 0.25) is 0 Å². The average Bonchev–Trinajstić information content (AvgIpc) is 2.48. The van der Waals surface area contributed by atoms with Gasteiger partial charge in [-0.3, -0.25) is 14.9 Å². The van der Waals surface area contributed by atoms with E-state index in [4.69, 9.17) is 0 Å². The molecule has 0 aliphatic carbocycles. The van der Waals surface area contributed by atoms with Crippen LogP contribution in [0, 0.1) is 15.5 Å². The van der Waals surface area contributed by atoms with Crippen LogP contribution in [0.1, 0.15) is 32.6 Å². The molecule has 1 aromatic rings. The van der Waals surface area contributed by atoms with E-state index in [1.807, 2.05) is 11.8 Å². The Labute approximate surface area is 123 Å². The number of benzene rings is 1. The van der Waals surface area contributed by atoms with Gasteiger partial charge in [-0.05, 0) is 25.3 Å². The smallest absolute Gasteiger partial charge is 0.309 e. The highest BCUT2D eigenvalue weighted by molar-refractivity contribution is 5.75. The number of nitrogens with zero attached hydrogens (tertiary/aromatic N) is 2. The summed E-state index contributed by atoms with van der Waals surface area (Å²) in [6.07, 6.45) is 2.55. The molecule has 6 nitrogen and oxygen atoms in total. The maximum atomic E-state index is 11.6. The van der Waals surface area contributed by atoms with Crippen LogP contribution in [-0.2, 0) is 4.79 Å². The van der Waals surface area contributed by atoms with E-state index in [0.717, 1.165) is 6.42 Å². The molecule has 1 heterocycles. The van der Waals surface area contributed by atoms with Crippen molar-refractivity contribution in [2.45, 2.75) is 32.6 Å². The number of hydrogen-bond acceptors (Lipinski definition) is 4. The summed E-state index contributed by atoms with van der Waals surface area (Å²) in [6.45, 7) is 3.06. The van der Waals surface area contributed by atoms with Crippen molar-refractivity contribution in [2.24, 2.45) is 5.41 Å². The van der Waals surface area contributed by atoms with Crippen molar-refractivity contribution in [2.75, 3.05) is 18.0 Å². The Kier molecular flexibility index (Phi) is 4.45. The highest BCUT2D eigenvalue weighted by atomic mass is 16.6. The number of aliphatic carboxylic acids is 1. The van der Waals surface area contributed by atoms with Gasteiger partial charge in [0.2, 0.25) is 0 Å². The summed E-state index contributed by atoms with van der Waals surface area (Å²) in [5.74, 6) is -0.744. The first-order chi connectivity index (χ1) is 10.00. The van der Waals surface area contributed by atoms with Gasteiger partial charge in [0.1, 0.15) is 5.69 Å². The number of nitro benzene ring substituents is 1.